The number of thioether (sulfide) groups is 1. The van der Waals surface area contributed by atoms with Crippen LogP contribution in [-0.4, -0.2) is 53.2 Å². The van der Waals surface area contributed by atoms with Crippen molar-refractivity contribution in [3.63, 3.8) is 0 Å². The van der Waals surface area contributed by atoms with E-state index in [9.17, 15) is 14.4 Å². The van der Waals surface area contributed by atoms with Crippen LogP contribution in [0.5, 0.6) is 0 Å². The maximum Gasteiger partial charge on any atom is 0.228 e. The number of carbonyl (C=O) groups is 3. The molecule has 1 saturated heterocycles. The minimum Gasteiger partial charge on any atom is -0.360 e. The molecule has 2 aliphatic rings. The molecule has 0 unspecified atom stereocenters. The number of hydrogen-bond donors (Lipinski definition) is 1. The number of carbonyl (C=O) groups excluding carboxylic acids is 3. The summed E-state index contributed by atoms with van der Waals surface area (Å²) in [6.07, 6.45) is 1.58. The Labute approximate surface area is 185 Å². The third-order valence-electron chi connectivity index (χ3n) is 5.68. The predicted molar refractivity (Wildman–Crippen MR) is 118 cm³/mol. The minimum atomic E-state index is -0.162. The van der Waals surface area contributed by atoms with Crippen LogP contribution in [-0.2, 0) is 14.4 Å². The lowest BCUT2D eigenvalue weighted by molar-refractivity contribution is -0.135. The van der Waals surface area contributed by atoms with Crippen molar-refractivity contribution in [2.45, 2.75) is 37.5 Å². The van der Waals surface area contributed by atoms with E-state index >= 15 is 0 Å². The fraction of sp³-hybridized carbons (Fsp3) is 0.455. The van der Waals surface area contributed by atoms with Crippen LogP contribution < -0.4 is 10.2 Å². The molecule has 9 heteroatoms. The maximum absolute atomic E-state index is 12.7. The monoisotopic (exact) mass is 442 g/mol. The first-order chi connectivity index (χ1) is 15.0. The topological polar surface area (TPSA) is 95.8 Å². The first kappa shape index (κ1) is 21.4. The van der Waals surface area contributed by atoms with Crippen LogP contribution in [0.25, 0.3) is 0 Å². The predicted octanol–water partition coefficient (Wildman–Crippen LogP) is 3.08. The normalized spacial score (nSPS) is 16.7. The first-order valence-electron chi connectivity index (χ1n) is 10.6. The smallest absolute Gasteiger partial charge is 0.228 e. The highest BCUT2D eigenvalue weighted by atomic mass is 32.2. The van der Waals surface area contributed by atoms with Gasteiger partial charge in [0.15, 0.2) is 5.82 Å². The third kappa shape index (κ3) is 5.10. The number of nitrogens with one attached hydrogen (secondary N) is 1. The molecule has 0 radical (unpaired) electrons. The molecule has 2 aromatic rings. The van der Waals surface area contributed by atoms with E-state index in [1.54, 1.807) is 34.6 Å². The van der Waals surface area contributed by atoms with E-state index in [0.29, 0.717) is 44.1 Å². The Morgan fingerprint density at radius 1 is 1.13 bits per heavy atom. The van der Waals surface area contributed by atoms with Gasteiger partial charge in [0.25, 0.3) is 0 Å². The summed E-state index contributed by atoms with van der Waals surface area (Å²) in [4.78, 5) is 42.4. The zero-order chi connectivity index (χ0) is 21.8. The summed E-state index contributed by atoms with van der Waals surface area (Å²) in [5, 5.41) is 6.54. The number of aryl methyl sites for hydroxylation is 1. The van der Waals surface area contributed by atoms with Crippen molar-refractivity contribution < 1.29 is 18.9 Å². The van der Waals surface area contributed by atoms with Crippen molar-refractivity contribution in [3.05, 3.63) is 36.1 Å². The lowest BCUT2D eigenvalue weighted by atomic mass is 9.95. The summed E-state index contributed by atoms with van der Waals surface area (Å²) in [6.45, 7) is 3.47. The van der Waals surface area contributed by atoms with E-state index in [2.05, 4.69) is 10.5 Å². The molecule has 164 valence electrons. The quantitative estimate of drug-likeness (QED) is 0.765. The van der Waals surface area contributed by atoms with Gasteiger partial charge in [-0.1, -0.05) is 17.3 Å². The third-order valence-corrected chi connectivity index (χ3v) is 6.72. The van der Waals surface area contributed by atoms with Crippen LogP contribution in [0.15, 0.2) is 39.8 Å². The molecule has 0 saturated carbocycles. The summed E-state index contributed by atoms with van der Waals surface area (Å²) in [6, 6.07) is 9.55. The Balaban J connectivity index is 1.23. The highest BCUT2D eigenvalue weighted by Crippen LogP contribution is 2.34. The SMILES string of the molecule is Cc1cc(NC(=O)C2CCN(C(=O)CCC(=O)N3CCSc4ccccc43)CC2)no1. The molecule has 1 N–H and O–H groups in total. The van der Waals surface area contributed by atoms with Crippen LogP contribution in [0.3, 0.4) is 0 Å². The second-order valence-electron chi connectivity index (χ2n) is 7.83. The van der Waals surface area contributed by atoms with E-state index in [-0.39, 0.29) is 36.5 Å². The second-order valence-corrected chi connectivity index (χ2v) is 8.97. The Morgan fingerprint density at radius 2 is 1.87 bits per heavy atom. The molecule has 1 fully saturated rings. The lowest BCUT2D eigenvalue weighted by Gasteiger charge is -2.32. The largest absolute Gasteiger partial charge is 0.360 e. The van der Waals surface area contributed by atoms with E-state index in [0.717, 1.165) is 16.3 Å². The number of anilines is 2. The zero-order valence-corrected chi connectivity index (χ0v) is 18.3. The number of para-hydroxylation sites is 1. The maximum atomic E-state index is 12.7. The number of nitrogens with zero attached hydrogens (tertiary/aromatic N) is 3. The van der Waals surface area contributed by atoms with Gasteiger partial charge >= 0.3 is 0 Å². The fourth-order valence-electron chi connectivity index (χ4n) is 3.98. The molecule has 0 spiro atoms. The Morgan fingerprint density at radius 3 is 2.61 bits per heavy atom. The molecule has 0 aliphatic carbocycles. The molecule has 0 atom stereocenters. The van der Waals surface area contributed by atoms with Gasteiger partial charge in [-0.25, -0.2) is 0 Å². The lowest BCUT2D eigenvalue weighted by Crippen LogP contribution is -2.42. The van der Waals surface area contributed by atoms with Crippen molar-refractivity contribution in [2.24, 2.45) is 5.92 Å². The molecule has 4 rings (SSSR count). The average Bonchev–Trinajstić information content (AvgIpc) is 3.21. The number of amides is 3. The number of aromatic nitrogens is 1. The summed E-state index contributed by atoms with van der Waals surface area (Å²) in [7, 11) is 0. The van der Waals surface area contributed by atoms with Crippen molar-refractivity contribution in [1.82, 2.24) is 10.1 Å². The number of hydrogen-bond acceptors (Lipinski definition) is 6. The summed E-state index contributed by atoms with van der Waals surface area (Å²) < 4.78 is 4.96. The molecular formula is C22H26N4O4S. The number of likely N-dealkylation sites (tertiary alicyclic amines) is 1. The van der Waals surface area contributed by atoms with Crippen molar-refractivity contribution in [1.29, 1.82) is 0 Å². The van der Waals surface area contributed by atoms with Crippen LogP contribution in [0.4, 0.5) is 11.5 Å². The van der Waals surface area contributed by atoms with Gasteiger partial charge in [-0.05, 0) is 31.9 Å². The van der Waals surface area contributed by atoms with Crippen molar-refractivity contribution in [2.75, 3.05) is 35.6 Å². The van der Waals surface area contributed by atoms with Gasteiger partial charge in [0, 0.05) is 55.1 Å². The van der Waals surface area contributed by atoms with Gasteiger partial charge in [-0.15, -0.1) is 11.8 Å². The molecule has 8 nitrogen and oxygen atoms in total. The highest BCUT2D eigenvalue weighted by Gasteiger charge is 2.29. The van der Waals surface area contributed by atoms with Gasteiger partial charge in [0.1, 0.15) is 5.76 Å². The van der Waals surface area contributed by atoms with E-state index in [4.69, 9.17) is 4.52 Å². The Bertz CT molecular complexity index is 968. The molecule has 3 amide bonds. The van der Waals surface area contributed by atoms with Gasteiger partial charge < -0.3 is 19.6 Å². The van der Waals surface area contributed by atoms with Crippen molar-refractivity contribution >= 4 is 41.0 Å². The number of piperidine rings is 1. The minimum absolute atomic E-state index is 0.0155. The Hall–Kier alpha value is -2.81. The molecule has 31 heavy (non-hydrogen) atoms. The van der Waals surface area contributed by atoms with Crippen LogP contribution >= 0.6 is 11.8 Å². The molecule has 3 heterocycles. The summed E-state index contributed by atoms with van der Waals surface area (Å²) >= 11 is 1.75. The molecular weight excluding hydrogens is 416 g/mol. The van der Waals surface area contributed by atoms with Gasteiger partial charge in [-0.3, -0.25) is 14.4 Å². The standard InChI is InChI=1S/C22H26N4O4S/c1-15-14-19(24-30-15)23-22(29)16-8-10-25(11-9-16)20(27)6-7-21(28)26-12-13-31-18-5-3-2-4-17(18)26/h2-5,14,16H,6-13H2,1H3,(H,23,24,29). The van der Waals surface area contributed by atoms with E-state index in [1.807, 2.05) is 24.3 Å². The van der Waals surface area contributed by atoms with Crippen molar-refractivity contribution in [3.8, 4) is 0 Å². The number of benzene rings is 1. The summed E-state index contributed by atoms with van der Waals surface area (Å²) in [5.74, 6) is 1.61. The summed E-state index contributed by atoms with van der Waals surface area (Å²) in [5.41, 5.74) is 0.935. The molecule has 2 aliphatic heterocycles. The first-order valence-corrected chi connectivity index (χ1v) is 11.5. The van der Waals surface area contributed by atoms with Crippen LogP contribution in [0.2, 0.25) is 0 Å². The molecule has 1 aromatic carbocycles. The second kappa shape index (κ2) is 9.55. The van der Waals surface area contributed by atoms with Gasteiger partial charge in [0.2, 0.25) is 17.7 Å². The van der Waals surface area contributed by atoms with Gasteiger partial charge in [-0.2, -0.15) is 0 Å². The van der Waals surface area contributed by atoms with Gasteiger partial charge in [0.05, 0.1) is 5.69 Å². The molecule has 1 aromatic heterocycles. The zero-order valence-electron chi connectivity index (χ0n) is 17.5. The molecule has 0 bridgehead atoms. The average molecular weight is 443 g/mol. The Kier molecular flexibility index (Phi) is 6.60. The van der Waals surface area contributed by atoms with E-state index < -0.39 is 0 Å². The van der Waals surface area contributed by atoms with E-state index in [1.165, 1.54) is 0 Å². The highest BCUT2D eigenvalue weighted by molar-refractivity contribution is 7.99. The number of fused-ring (bicyclic) bond motifs is 1. The van der Waals surface area contributed by atoms with Crippen LogP contribution in [0.1, 0.15) is 31.4 Å². The number of rotatable bonds is 5. The fourth-order valence-corrected chi connectivity index (χ4v) is 4.97. The van der Waals surface area contributed by atoms with Crippen LogP contribution in [0, 0.1) is 12.8 Å².